The molecule has 0 bridgehead atoms. The number of halogens is 2. The number of hydrogen-bond acceptors (Lipinski definition) is 4. The molecule has 150 valence electrons. The van der Waals surface area contributed by atoms with E-state index in [1.54, 1.807) is 0 Å². The number of aliphatic carboxylic acids is 1. The van der Waals surface area contributed by atoms with Gasteiger partial charge in [-0.05, 0) is 36.6 Å². The van der Waals surface area contributed by atoms with Crippen molar-refractivity contribution in [3.8, 4) is 22.9 Å². The van der Waals surface area contributed by atoms with E-state index in [-0.39, 0.29) is 46.2 Å². The zero-order valence-corrected chi connectivity index (χ0v) is 16.3. The molecule has 0 saturated heterocycles. The maximum absolute atomic E-state index is 14.9. The number of nitriles is 1. The number of hydrogen-bond donors (Lipinski definition) is 2. The Labute approximate surface area is 167 Å². The van der Waals surface area contributed by atoms with E-state index < -0.39 is 17.6 Å². The zero-order valence-electron chi connectivity index (χ0n) is 16.3. The lowest BCUT2D eigenvalue weighted by atomic mass is 9.93. The minimum absolute atomic E-state index is 0.0193. The Bertz CT molecular complexity index is 1050. The van der Waals surface area contributed by atoms with Gasteiger partial charge in [0.1, 0.15) is 23.5 Å². The highest BCUT2D eigenvalue weighted by Crippen LogP contribution is 2.44. The summed E-state index contributed by atoms with van der Waals surface area (Å²) < 4.78 is 35.4. The van der Waals surface area contributed by atoms with Gasteiger partial charge in [-0.25, -0.2) is 13.6 Å². The monoisotopic (exact) mass is 398 g/mol. The minimum Gasteiger partial charge on any atom is -0.492 e. The summed E-state index contributed by atoms with van der Waals surface area (Å²) in [5, 5.41) is 21.4. The SMILES string of the molecule is CC(=CNc1cc(-c2c(F)cc(C(C)C)cc2F)c2c(c1C#N)CCO2)C(=O)O. The van der Waals surface area contributed by atoms with Crippen LogP contribution in [0.2, 0.25) is 0 Å². The fourth-order valence-corrected chi connectivity index (χ4v) is 3.24. The molecule has 0 spiro atoms. The fourth-order valence-electron chi connectivity index (χ4n) is 3.24. The van der Waals surface area contributed by atoms with Crippen molar-refractivity contribution in [2.75, 3.05) is 11.9 Å². The second kappa shape index (κ2) is 7.92. The van der Waals surface area contributed by atoms with E-state index in [4.69, 9.17) is 9.84 Å². The van der Waals surface area contributed by atoms with Crippen molar-refractivity contribution in [1.29, 1.82) is 5.26 Å². The lowest BCUT2D eigenvalue weighted by molar-refractivity contribution is -0.132. The van der Waals surface area contributed by atoms with Crippen LogP contribution >= 0.6 is 0 Å². The number of rotatable bonds is 5. The maximum Gasteiger partial charge on any atom is 0.332 e. The van der Waals surface area contributed by atoms with Gasteiger partial charge in [0.25, 0.3) is 0 Å². The molecule has 0 fully saturated rings. The molecule has 0 aliphatic carbocycles. The van der Waals surface area contributed by atoms with Crippen LogP contribution in [-0.4, -0.2) is 17.7 Å². The van der Waals surface area contributed by atoms with Crippen LogP contribution in [0.4, 0.5) is 14.5 Å². The number of ether oxygens (including phenoxy) is 1. The number of carboxylic acids is 1. The van der Waals surface area contributed by atoms with Crippen molar-refractivity contribution in [1.82, 2.24) is 0 Å². The lowest BCUT2D eigenvalue weighted by Gasteiger charge is -2.16. The molecule has 0 aromatic heterocycles. The molecular formula is C22H20F2N2O3. The van der Waals surface area contributed by atoms with E-state index in [2.05, 4.69) is 11.4 Å². The van der Waals surface area contributed by atoms with Crippen LogP contribution in [-0.2, 0) is 11.2 Å². The summed E-state index contributed by atoms with van der Waals surface area (Å²) in [6, 6.07) is 6.09. The highest BCUT2D eigenvalue weighted by atomic mass is 19.1. The number of carbonyl (C=O) groups is 1. The van der Waals surface area contributed by atoms with Gasteiger partial charge in [-0.3, -0.25) is 0 Å². The molecule has 1 aliphatic rings. The van der Waals surface area contributed by atoms with Crippen LogP contribution in [0, 0.1) is 23.0 Å². The van der Waals surface area contributed by atoms with Crippen molar-refractivity contribution in [3.05, 3.63) is 58.3 Å². The van der Waals surface area contributed by atoms with E-state index in [1.165, 1.54) is 31.3 Å². The van der Waals surface area contributed by atoms with Crippen LogP contribution in [0.5, 0.6) is 5.75 Å². The molecule has 0 amide bonds. The first-order chi connectivity index (χ1) is 13.7. The largest absolute Gasteiger partial charge is 0.492 e. The summed E-state index contributed by atoms with van der Waals surface area (Å²) in [5.74, 6) is -2.33. The van der Waals surface area contributed by atoms with Gasteiger partial charge in [0, 0.05) is 29.3 Å². The van der Waals surface area contributed by atoms with Crippen molar-refractivity contribution in [3.63, 3.8) is 0 Å². The predicted molar refractivity (Wildman–Crippen MR) is 105 cm³/mol. The Morgan fingerprint density at radius 3 is 2.52 bits per heavy atom. The summed E-state index contributed by atoms with van der Waals surface area (Å²) in [5.41, 5.74) is 1.57. The highest BCUT2D eigenvalue weighted by Gasteiger charge is 2.27. The van der Waals surface area contributed by atoms with Gasteiger partial charge in [0.05, 0.1) is 23.4 Å². The first-order valence-corrected chi connectivity index (χ1v) is 9.13. The summed E-state index contributed by atoms with van der Waals surface area (Å²) >= 11 is 0. The second-order valence-electron chi connectivity index (χ2n) is 7.16. The van der Waals surface area contributed by atoms with Gasteiger partial charge in [0.15, 0.2) is 0 Å². The average Bonchev–Trinajstić information content (AvgIpc) is 3.14. The molecule has 2 N–H and O–H groups in total. The van der Waals surface area contributed by atoms with Crippen LogP contribution in [0.15, 0.2) is 30.0 Å². The van der Waals surface area contributed by atoms with Gasteiger partial charge >= 0.3 is 5.97 Å². The minimum atomic E-state index is -1.12. The van der Waals surface area contributed by atoms with Crippen LogP contribution in [0.25, 0.3) is 11.1 Å². The first kappa shape index (κ1) is 20.3. The van der Waals surface area contributed by atoms with Gasteiger partial charge in [-0.1, -0.05) is 13.8 Å². The van der Waals surface area contributed by atoms with Crippen molar-refractivity contribution in [2.24, 2.45) is 0 Å². The summed E-state index contributed by atoms with van der Waals surface area (Å²) in [6.07, 6.45) is 1.65. The smallest absolute Gasteiger partial charge is 0.332 e. The molecule has 2 aromatic rings. The molecule has 3 rings (SSSR count). The molecule has 2 aromatic carbocycles. The molecule has 0 unspecified atom stereocenters. The maximum atomic E-state index is 14.9. The summed E-state index contributed by atoms with van der Waals surface area (Å²) in [7, 11) is 0. The third-order valence-corrected chi connectivity index (χ3v) is 4.87. The second-order valence-corrected chi connectivity index (χ2v) is 7.16. The van der Waals surface area contributed by atoms with Crippen molar-refractivity contribution >= 4 is 11.7 Å². The quantitative estimate of drug-likeness (QED) is 0.696. The number of nitrogens with zero attached hydrogens (tertiary/aromatic N) is 1. The molecule has 1 aliphatic heterocycles. The van der Waals surface area contributed by atoms with E-state index in [9.17, 15) is 18.8 Å². The van der Waals surface area contributed by atoms with E-state index in [0.29, 0.717) is 17.5 Å². The molecule has 7 heteroatoms. The fraction of sp³-hybridized carbons (Fsp3) is 0.273. The Morgan fingerprint density at radius 1 is 1.31 bits per heavy atom. The molecule has 5 nitrogen and oxygen atoms in total. The van der Waals surface area contributed by atoms with Gasteiger partial charge in [0.2, 0.25) is 0 Å². The molecular weight excluding hydrogens is 378 g/mol. The van der Waals surface area contributed by atoms with Gasteiger partial charge < -0.3 is 15.2 Å². The number of carboxylic acid groups (broad SMARTS) is 1. The zero-order chi connectivity index (χ0) is 21.3. The standard InChI is InChI=1S/C22H20F2N2O3/c1-11(2)13-6-17(23)20(18(24)7-13)15-8-19(26-10-12(3)22(27)28)16(9-25)14-4-5-29-21(14)15/h6-8,10-11,26H,4-5H2,1-3H3,(H,27,28). The van der Waals surface area contributed by atoms with Crippen molar-refractivity contribution < 1.29 is 23.4 Å². The van der Waals surface area contributed by atoms with E-state index in [1.807, 2.05) is 13.8 Å². The third kappa shape index (κ3) is 3.79. The molecule has 29 heavy (non-hydrogen) atoms. The summed E-state index contributed by atoms with van der Waals surface area (Å²) in [4.78, 5) is 11.0. The molecule has 1 heterocycles. The van der Waals surface area contributed by atoms with Gasteiger partial charge in [-0.2, -0.15) is 5.26 Å². The van der Waals surface area contributed by atoms with E-state index >= 15 is 0 Å². The van der Waals surface area contributed by atoms with Crippen LogP contribution < -0.4 is 10.1 Å². The molecule has 0 radical (unpaired) electrons. The normalized spacial score (nSPS) is 13.1. The third-order valence-electron chi connectivity index (χ3n) is 4.87. The van der Waals surface area contributed by atoms with Crippen LogP contribution in [0.1, 0.15) is 43.4 Å². The topological polar surface area (TPSA) is 82.3 Å². The lowest BCUT2D eigenvalue weighted by Crippen LogP contribution is -2.03. The highest BCUT2D eigenvalue weighted by molar-refractivity contribution is 5.87. The predicted octanol–water partition coefficient (Wildman–Crippen LogP) is 4.96. The van der Waals surface area contributed by atoms with E-state index in [0.717, 1.165) is 0 Å². The number of fused-ring (bicyclic) bond motifs is 1. The number of benzene rings is 2. The first-order valence-electron chi connectivity index (χ1n) is 9.13. The Morgan fingerprint density at radius 2 is 1.97 bits per heavy atom. The summed E-state index contributed by atoms with van der Waals surface area (Å²) in [6.45, 7) is 5.37. The van der Waals surface area contributed by atoms with Crippen molar-refractivity contribution in [2.45, 2.75) is 33.1 Å². The Kier molecular flexibility index (Phi) is 5.55. The number of anilines is 1. The Balaban J connectivity index is 2.22. The van der Waals surface area contributed by atoms with Gasteiger partial charge in [-0.15, -0.1) is 0 Å². The van der Waals surface area contributed by atoms with Crippen LogP contribution in [0.3, 0.4) is 0 Å². The molecule has 0 saturated carbocycles. The molecule has 0 atom stereocenters. The number of nitrogens with one attached hydrogen (secondary N) is 1. The Hall–Kier alpha value is -3.40. The average molecular weight is 398 g/mol.